The fourth-order valence-electron chi connectivity index (χ4n) is 11.5. The first kappa shape index (κ1) is 51.6. The second-order valence-corrected chi connectivity index (χ2v) is 22.4. The van der Waals surface area contributed by atoms with Gasteiger partial charge in [0, 0.05) is 72.9 Å². The Morgan fingerprint density at radius 1 is 0.987 bits per heavy atom. The summed E-state index contributed by atoms with van der Waals surface area (Å²) >= 11 is 8.23. The number of phenols is 1. The molecule has 4 saturated heterocycles. The highest BCUT2D eigenvalue weighted by Crippen LogP contribution is 2.41. The van der Waals surface area contributed by atoms with Crippen LogP contribution in [-0.2, 0) is 9.59 Å². The molecule has 17 nitrogen and oxygen atoms in total. The number of β-amino-alcohol motifs (C(OH)–C–C–N with tert-alkyl or cyclic N) is 1. The number of hydrogen-bond donors (Lipinski definition) is 4. The molecule has 11 rings (SSSR count). The van der Waals surface area contributed by atoms with Crippen molar-refractivity contribution in [2.75, 3.05) is 57.4 Å². The Morgan fingerprint density at radius 2 is 1.76 bits per heavy atom. The van der Waals surface area contributed by atoms with Crippen LogP contribution >= 0.6 is 22.9 Å². The van der Waals surface area contributed by atoms with E-state index in [-0.39, 0.29) is 78.1 Å². The number of phenolic OH excluding ortho intramolecular Hbond substituents is 1. The maximum Gasteiger partial charge on any atom is 0.319 e. The number of aromatic hydroxyl groups is 1. The second kappa shape index (κ2) is 21.8. The number of carbonyl (C=O) groups excluding carboxylic acids is 2. The first-order chi connectivity index (χ1) is 36.7. The molecule has 8 heterocycles. The predicted molar refractivity (Wildman–Crippen MR) is 288 cm³/mol. The first-order valence-electron chi connectivity index (χ1n) is 26.3. The quantitative estimate of drug-likeness (QED) is 0.0717. The van der Waals surface area contributed by atoms with E-state index in [2.05, 4.69) is 40.5 Å². The number of halogens is 2. The van der Waals surface area contributed by atoms with Crippen LogP contribution in [0.15, 0.2) is 76.9 Å². The molecule has 6 atom stereocenters. The van der Waals surface area contributed by atoms with Crippen molar-refractivity contribution in [2.24, 2.45) is 11.8 Å². The summed E-state index contributed by atoms with van der Waals surface area (Å²) < 4.78 is 35.1. The fraction of sp³-hybridized carbons (Fsp3) is 0.446. The Labute approximate surface area is 448 Å². The summed E-state index contributed by atoms with van der Waals surface area (Å²) in [4.78, 5) is 53.7. The van der Waals surface area contributed by atoms with Gasteiger partial charge in [-0.25, -0.2) is 9.37 Å². The number of fused-ring (bicyclic) bond motifs is 4. The number of aliphatic hydroxyl groups excluding tert-OH is 1. The third kappa shape index (κ3) is 10.6. The van der Waals surface area contributed by atoms with Gasteiger partial charge in [-0.15, -0.1) is 11.3 Å². The van der Waals surface area contributed by atoms with Crippen molar-refractivity contribution in [1.29, 1.82) is 0 Å². The van der Waals surface area contributed by atoms with E-state index in [0.717, 1.165) is 60.5 Å². The van der Waals surface area contributed by atoms with E-state index in [1.54, 1.807) is 41.8 Å². The molecule has 4 aromatic heterocycles. The zero-order valence-corrected chi connectivity index (χ0v) is 44.5. The number of hydrogen-bond acceptors (Lipinski definition) is 16. The number of aliphatic hydroxyl groups is 1. The van der Waals surface area contributed by atoms with E-state index in [1.807, 2.05) is 63.5 Å². The van der Waals surface area contributed by atoms with Gasteiger partial charge in [0.15, 0.2) is 11.6 Å². The average Bonchev–Trinajstić information content (AvgIpc) is 4.26. The summed E-state index contributed by atoms with van der Waals surface area (Å²) in [6.45, 7) is 12.1. The maximum atomic E-state index is 17.0. The normalized spacial score (nSPS) is 20.9. The topological polar surface area (TPSA) is 204 Å². The van der Waals surface area contributed by atoms with E-state index in [4.69, 9.17) is 30.6 Å². The van der Waals surface area contributed by atoms with Crippen LogP contribution in [0, 0.1) is 24.6 Å². The standard InChI is InChI=1S/C56H62ClFN10O7S/c1-30(2)47(55(72)68-27-40(70)22-44(68)54(71)61-31(3)34-8-10-35(11-9-34)52-32(4)60-29-76-52)45-23-46(65-75-45)74-28-33-14-16-66(17-15-33)18-19-73-56-63-51-42(53(64-56)67-25-37-12-13-38(26-67)62-37)24-59-50(49(51)58)41-21-39(69)20-36-6-5-7-43(57)48(36)41/h5-11,20-21,23-24,29-31,33,37-38,40,44,47,62,69-70H,12-19,22,25-28H2,1-4H3,(H,61,71)/t31-,37?,38?,40+,44-,47+/m0/s1. The highest BCUT2D eigenvalue weighted by atomic mass is 35.5. The third-order valence-corrected chi connectivity index (χ3v) is 16.8. The molecule has 4 fully saturated rings. The molecule has 4 aliphatic rings. The number of ether oxygens (including phenoxy) is 2. The number of pyridine rings is 1. The van der Waals surface area contributed by atoms with Gasteiger partial charge >= 0.3 is 6.01 Å². The zero-order chi connectivity index (χ0) is 52.8. The van der Waals surface area contributed by atoms with Crippen LogP contribution in [0.1, 0.15) is 81.9 Å². The number of amides is 2. The Balaban J connectivity index is 0.697. The largest absolute Gasteiger partial charge is 0.508 e. The molecule has 3 aromatic carbocycles. The lowest BCUT2D eigenvalue weighted by molar-refractivity contribution is -0.141. The molecule has 4 aliphatic heterocycles. The maximum absolute atomic E-state index is 17.0. The van der Waals surface area contributed by atoms with Gasteiger partial charge in [-0.05, 0) is 104 Å². The summed E-state index contributed by atoms with van der Waals surface area (Å²) in [5.41, 5.74) is 5.23. The van der Waals surface area contributed by atoms with Gasteiger partial charge in [-0.1, -0.05) is 61.8 Å². The lowest BCUT2D eigenvalue weighted by atomic mass is 9.91. The minimum Gasteiger partial charge on any atom is -0.508 e. The van der Waals surface area contributed by atoms with Gasteiger partial charge in [-0.3, -0.25) is 19.5 Å². The van der Waals surface area contributed by atoms with Crippen LogP contribution in [0.4, 0.5) is 10.2 Å². The molecule has 0 aliphatic carbocycles. The Kier molecular flexibility index (Phi) is 14.8. The number of aryl methyl sites for hydroxylation is 1. The van der Waals surface area contributed by atoms with Gasteiger partial charge < -0.3 is 44.6 Å². The number of piperazine rings is 1. The Hall–Kier alpha value is -6.51. The Morgan fingerprint density at radius 3 is 2.50 bits per heavy atom. The molecule has 0 saturated carbocycles. The average molecular weight is 1070 g/mol. The lowest BCUT2D eigenvalue weighted by Gasteiger charge is -2.34. The highest BCUT2D eigenvalue weighted by molar-refractivity contribution is 7.13. The molecule has 7 aromatic rings. The molecule has 2 bridgehead atoms. The van der Waals surface area contributed by atoms with E-state index < -0.39 is 23.9 Å². The summed E-state index contributed by atoms with van der Waals surface area (Å²) in [7, 11) is 0. The second-order valence-electron chi connectivity index (χ2n) is 21.1. The number of piperidine rings is 1. The van der Waals surface area contributed by atoms with Crippen LogP contribution in [0.2, 0.25) is 5.02 Å². The number of likely N-dealkylation sites (tertiary alicyclic amines) is 2. The molecule has 398 valence electrons. The number of nitrogens with zero attached hydrogens (tertiary/aromatic N) is 8. The minimum absolute atomic E-state index is 0.0191. The van der Waals surface area contributed by atoms with E-state index in [1.165, 1.54) is 11.0 Å². The number of rotatable bonds is 16. The summed E-state index contributed by atoms with van der Waals surface area (Å²) in [5.74, 6) is -0.839. The highest BCUT2D eigenvalue weighted by Gasteiger charge is 2.44. The zero-order valence-electron chi connectivity index (χ0n) is 42.9. The van der Waals surface area contributed by atoms with Crippen molar-refractivity contribution in [2.45, 2.75) is 96.0 Å². The Bertz CT molecular complexity index is 3250. The van der Waals surface area contributed by atoms with Crippen molar-refractivity contribution in [3.05, 3.63) is 100 Å². The molecule has 4 N–H and O–H groups in total. The molecule has 0 radical (unpaired) electrons. The molecular formula is C56H62ClFN10O7S. The number of thiazole rings is 1. The SMILES string of the molecule is Cc1ncsc1-c1ccc([C@H](C)NC(=O)[C@@H]2C[C@@H](O)CN2C(=O)[C@@H](c2cc(OCC3CCN(CCOc4nc(N5CC6CCC(C5)N6)c5cnc(-c6cc(O)cc7cccc(Cl)c67)c(F)c5n4)CC3)no2)C(C)C)cc1. The summed E-state index contributed by atoms with van der Waals surface area (Å²) in [6, 6.07) is 17.6. The minimum atomic E-state index is -0.852. The van der Waals surface area contributed by atoms with Crippen molar-refractivity contribution in [3.63, 3.8) is 0 Å². The number of anilines is 1. The molecular weight excluding hydrogens is 1010 g/mol. The molecule has 20 heteroatoms. The third-order valence-electron chi connectivity index (χ3n) is 15.5. The smallest absolute Gasteiger partial charge is 0.319 e. The number of nitrogens with one attached hydrogen (secondary N) is 2. The van der Waals surface area contributed by atoms with Crippen LogP contribution in [0.25, 0.3) is 43.4 Å². The van der Waals surface area contributed by atoms with Gasteiger partial charge in [0.25, 0.3) is 5.88 Å². The molecule has 76 heavy (non-hydrogen) atoms. The molecule has 0 spiro atoms. The first-order valence-corrected chi connectivity index (χ1v) is 27.5. The van der Waals surface area contributed by atoms with E-state index in [9.17, 15) is 19.8 Å². The van der Waals surface area contributed by atoms with Crippen LogP contribution in [0.5, 0.6) is 17.6 Å². The fourth-order valence-corrected chi connectivity index (χ4v) is 12.6. The van der Waals surface area contributed by atoms with Crippen molar-refractivity contribution < 1.29 is 38.2 Å². The number of aromatic nitrogens is 5. The van der Waals surface area contributed by atoms with Gasteiger partial charge in [0.1, 0.15) is 41.3 Å². The van der Waals surface area contributed by atoms with E-state index >= 15 is 4.39 Å². The van der Waals surface area contributed by atoms with Gasteiger partial charge in [0.05, 0.1) is 40.2 Å². The predicted octanol–water partition coefficient (Wildman–Crippen LogP) is 8.45. The van der Waals surface area contributed by atoms with Gasteiger partial charge in [-0.2, -0.15) is 9.97 Å². The summed E-state index contributed by atoms with van der Waals surface area (Å²) in [5, 5.41) is 34.5. The lowest BCUT2D eigenvalue weighted by Crippen LogP contribution is -2.51. The molecule has 2 unspecified atom stereocenters. The van der Waals surface area contributed by atoms with Crippen LogP contribution in [0.3, 0.4) is 0 Å². The molecule has 2 amide bonds. The van der Waals surface area contributed by atoms with E-state index in [0.29, 0.717) is 76.6 Å². The van der Waals surface area contributed by atoms with Gasteiger partial charge in [0.2, 0.25) is 11.8 Å². The van der Waals surface area contributed by atoms with Crippen molar-refractivity contribution >= 4 is 62.2 Å². The van der Waals surface area contributed by atoms with Crippen molar-refractivity contribution in [1.82, 2.24) is 45.5 Å². The summed E-state index contributed by atoms with van der Waals surface area (Å²) in [6.07, 6.45) is 4.74. The number of benzene rings is 3. The monoisotopic (exact) mass is 1070 g/mol. The number of carbonyl (C=O) groups is 2. The van der Waals surface area contributed by atoms with Crippen LogP contribution in [-0.4, -0.2) is 134 Å². The van der Waals surface area contributed by atoms with Crippen molar-refractivity contribution in [3.8, 4) is 39.3 Å². The van der Waals surface area contributed by atoms with Crippen LogP contribution < -0.4 is 25.0 Å².